The summed E-state index contributed by atoms with van der Waals surface area (Å²) in [6.45, 7) is 3.75. The molecule has 2 aromatic rings. The summed E-state index contributed by atoms with van der Waals surface area (Å²) in [6.07, 6.45) is 3.45. The normalized spacial score (nSPS) is 15.8. The van der Waals surface area contributed by atoms with Gasteiger partial charge in [0.1, 0.15) is 0 Å². The van der Waals surface area contributed by atoms with Crippen molar-refractivity contribution >= 4 is 34.2 Å². The number of aromatic hydroxyl groups is 1. The van der Waals surface area contributed by atoms with Gasteiger partial charge in [-0.3, -0.25) is 14.0 Å². The first-order valence-electron chi connectivity index (χ1n) is 7.76. The fourth-order valence-electron chi connectivity index (χ4n) is 2.69. The summed E-state index contributed by atoms with van der Waals surface area (Å²) in [5, 5.41) is 10.2. The molecule has 1 saturated heterocycles. The summed E-state index contributed by atoms with van der Waals surface area (Å²) in [4.78, 5) is 30.5. The zero-order valence-electron chi connectivity index (χ0n) is 13.2. The average molecular weight is 368 g/mol. The summed E-state index contributed by atoms with van der Waals surface area (Å²) in [7, 11) is 0. The van der Waals surface area contributed by atoms with E-state index in [1.807, 2.05) is 4.90 Å². The third kappa shape index (κ3) is 3.67. The van der Waals surface area contributed by atoms with Crippen LogP contribution in [0.3, 0.4) is 0 Å². The lowest BCUT2D eigenvalue weighted by atomic mass is 10.00. The summed E-state index contributed by atoms with van der Waals surface area (Å²) in [6, 6.07) is 2.70. The molecular formula is C16H18ClN3O3S. The van der Waals surface area contributed by atoms with E-state index in [2.05, 4.69) is 11.9 Å². The molecule has 0 aromatic carbocycles. The molecule has 3 rings (SSSR count). The number of nitrogens with zero attached hydrogens (tertiary/aromatic N) is 3. The van der Waals surface area contributed by atoms with E-state index in [9.17, 15) is 14.7 Å². The molecule has 0 unspecified atom stereocenters. The van der Waals surface area contributed by atoms with Gasteiger partial charge in [-0.15, -0.1) is 0 Å². The van der Waals surface area contributed by atoms with E-state index >= 15 is 0 Å². The molecule has 0 bridgehead atoms. The number of fused-ring (bicyclic) bond motifs is 1. The Balaban J connectivity index is 1.74. The van der Waals surface area contributed by atoms with Gasteiger partial charge >= 0.3 is 0 Å². The maximum atomic E-state index is 12.2. The minimum Gasteiger partial charge on any atom is -0.504 e. The summed E-state index contributed by atoms with van der Waals surface area (Å²) in [5.41, 5.74) is 0.260. The second-order valence-electron chi connectivity index (χ2n) is 6.05. The van der Waals surface area contributed by atoms with Crippen molar-refractivity contribution in [1.29, 1.82) is 0 Å². The maximum Gasteiger partial charge on any atom is 0.282 e. The van der Waals surface area contributed by atoms with E-state index in [4.69, 9.17) is 11.6 Å². The molecule has 6 nitrogen and oxygen atoms in total. The number of piperidine rings is 1. The van der Waals surface area contributed by atoms with E-state index < -0.39 is 0 Å². The topological polar surface area (TPSA) is 74.9 Å². The molecule has 1 aliphatic heterocycles. The van der Waals surface area contributed by atoms with Crippen LogP contribution in [0.4, 0.5) is 4.79 Å². The van der Waals surface area contributed by atoms with Crippen molar-refractivity contribution in [1.82, 2.24) is 14.3 Å². The quantitative estimate of drug-likeness (QED) is 0.882. The molecule has 0 radical (unpaired) electrons. The van der Waals surface area contributed by atoms with E-state index in [-0.39, 0.29) is 27.2 Å². The highest BCUT2D eigenvalue weighted by atomic mass is 35.5. The van der Waals surface area contributed by atoms with Gasteiger partial charge in [0, 0.05) is 37.2 Å². The molecule has 8 heteroatoms. The minimum atomic E-state index is -0.340. The summed E-state index contributed by atoms with van der Waals surface area (Å²) < 4.78 is 1.19. The number of carbonyl (C=O) groups is 1. The van der Waals surface area contributed by atoms with Crippen LogP contribution in [0.1, 0.15) is 25.5 Å². The highest BCUT2D eigenvalue weighted by Gasteiger charge is 2.20. The Bertz CT molecular complexity index is 831. The Hall–Kier alpha value is -1.73. The number of thioether (sulfide) groups is 1. The fourth-order valence-corrected chi connectivity index (χ4v) is 3.68. The fraction of sp³-hybridized carbons (Fsp3) is 0.438. The zero-order valence-corrected chi connectivity index (χ0v) is 14.8. The molecule has 128 valence electrons. The molecule has 0 atom stereocenters. The zero-order chi connectivity index (χ0) is 17.3. The van der Waals surface area contributed by atoms with Crippen LogP contribution in [0, 0.1) is 5.92 Å². The first kappa shape index (κ1) is 17.1. The van der Waals surface area contributed by atoms with Crippen molar-refractivity contribution in [2.24, 2.45) is 5.92 Å². The van der Waals surface area contributed by atoms with Crippen LogP contribution in [0.25, 0.3) is 5.65 Å². The number of hydrogen-bond acceptors (Lipinski definition) is 5. The number of likely N-dealkylation sites (tertiary alicyclic amines) is 1. The molecular weight excluding hydrogens is 350 g/mol. The molecule has 0 saturated carbocycles. The molecule has 2 aromatic heterocycles. The molecule has 0 spiro atoms. The molecule has 1 aliphatic rings. The third-order valence-electron chi connectivity index (χ3n) is 4.15. The van der Waals surface area contributed by atoms with Gasteiger partial charge in [0.2, 0.25) is 0 Å². The monoisotopic (exact) mass is 367 g/mol. The smallest absolute Gasteiger partial charge is 0.282 e. The van der Waals surface area contributed by atoms with Crippen molar-refractivity contribution in [2.75, 3.05) is 13.1 Å². The van der Waals surface area contributed by atoms with Crippen LogP contribution in [0.2, 0.25) is 5.02 Å². The molecule has 0 aliphatic carbocycles. The minimum absolute atomic E-state index is 0.00391. The second kappa shape index (κ2) is 7.03. The standard InChI is InChI=1S/C16H18ClN3O3S/c1-10-2-4-19(5-3-10)16(23)24-9-12-7-14(22)20-8-11(17)6-13(21)15(20)18-12/h6-8,10,21H,2-5,9H2,1H3. The van der Waals surface area contributed by atoms with Crippen molar-refractivity contribution in [3.8, 4) is 5.75 Å². The summed E-state index contributed by atoms with van der Waals surface area (Å²) in [5.74, 6) is 0.789. The van der Waals surface area contributed by atoms with Crippen molar-refractivity contribution < 1.29 is 9.90 Å². The van der Waals surface area contributed by atoms with Crippen LogP contribution in [-0.2, 0) is 5.75 Å². The van der Waals surface area contributed by atoms with E-state index in [1.54, 1.807) is 0 Å². The average Bonchev–Trinajstić information content (AvgIpc) is 2.54. The summed E-state index contributed by atoms with van der Waals surface area (Å²) >= 11 is 6.97. The SMILES string of the molecule is CC1CCN(C(=O)SCc2cc(=O)n3cc(Cl)cc(O)c3n2)CC1. The Kier molecular flexibility index (Phi) is 5.01. The Morgan fingerprint density at radius 2 is 2.12 bits per heavy atom. The number of hydrogen-bond donors (Lipinski definition) is 1. The lowest BCUT2D eigenvalue weighted by molar-refractivity contribution is 0.197. The van der Waals surface area contributed by atoms with Crippen LogP contribution < -0.4 is 5.56 Å². The number of carbonyl (C=O) groups excluding carboxylic acids is 1. The van der Waals surface area contributed by atoms with Crippen LogP contribution in [0.5, 0.6) is 5.75 Å². The van der Waals surface area contributed by atoms with Crippen LogP contribution >= 0.6 is 23.4 Å². The number of halogens is 1. The second-order valence-corrected chi connectivity index (χ2v) is 7.41. The first-order chi connectivity index (χ1) is 11.4. The van der Waals surface area contributed by atoms with Crippen LogP contribution in [-0.4, -0.2) is 37.7 Å². The van der Waals surface area contributed by atoms with E-state index in [0.29, 0.717) is 17.4 Å². The molecule has 24 heavy (non-hydrogen) atoms. The maximum absolute atomic E-state index is 12.2. The van der Waals surface area contributed by atoms with E-state index in [1.165, 1.54) is 22.7 Å². The molecule has 1 N–H and O–H groups in total. The van der Waals surface area contributed by atoms with Gasteiger partial charge in [0.05, 0.1) is 10.7 Å². The first-order valence-corrected chi connectivity index (χ1v) is 9.13. The Labute approximate surface area is 148 Å². The number of rotatable bonds is 2. The lowest BCUT2D eigenvalue weighted by Crippen LogP contribution is -2.35. The van der Waals surface area contributed by atoms with Gasteiger partial charge in [0.25, 0.3) is 10.8 Å². The van der Waals surface area contributed by atoms with Gasteiger partial charge in [-0.05, 0) is 18.8 Å². The third-order valence-corrected chi connectivity index (χ3v) is 5.30. The predicted octanol–water partition coefficient (Wildman–Crippen LogP) is 3.14. The Morgan fingerprint density at radius 1 is 1.42 bits per heavy atom. The van der Waals surface area contributed by atoms with Gasteiger partial charge in [0.15, 0.2) is 11.4 Å². The largest absolute Gasteiger partial charge is 0.504 e. The molecule has 1 fully saturated rings. The molecule has 3 heterocycles. The van der Waals surface area contributed by atoms with Crippen molar-refractivity contribution in [3.05, 3.63) is 39.4 Å². The van der Waals surface area contributed by atoms with Gasteiger partial charge in [-0.25, -0.2) is 4.98 Å². The van der Waals surface area contributed by atoms with Gasteiger partial charge < -0.3 is 10.0 Å². The Morgan fingerprint density at radius 3 is 2.83 bits per heavy atom. The highest BCUT2D eigenvalue weighted by molar-refractivity contribution is 8.12. The number of pyridine rings is 1. The predicted molar refractivity (Wildman–Crippen MR) is 94.8 cm³/mol. The molecule has 1 amide bonds. The number of amides is 1. The van der Waals surface area contributed by atoms with Crippen molar-refractivity contribution in [3.63, 3.8) is 0 Å². The lowest BCUT2D eigenvalue weighted by Gasteiger charge is -2.29. The van der Waals surface area contributed by atoms with Gasteiger partial charge in [-0.1, -0.05) is 30.3 Å². The highest BCUT2D eigenvalue weighted by Crippen LogP contribution is 2.23. The van der Waals surface area contributed by atoms with Crippen molar-refractivity contribution in [2.45, 2.75) is 25.5 Å². The number of aromatic nitrogens is 2. The van der Waals surface area contributed by atoms with Crippen LogP contribution in [0.15, 0.2) is 23.1 Å². The van der Waals surface area contributed by atoms with E-state index in [0.717, 1.165) is 37.7 Å². The van der Waals surface area contributed by atoms with Gasteiger partial charge in [-0.2, -0.15) is 0 Å².